The largest absolute Gasteiger partial charge is 0.336 e. The summed E-state index contributed by atoms with van der Waals surface area (Å²) in [6, 6.07) is 9.91. The number of benzene rings is 1. The van der Waals surface area contributed by atoms with Crippen molar-refractivity contribution in [3.63, 3.8) is 0 Å². The first-order valence-electron chi connectivity index (χ1n) is 7.90. The molecule has 1 aromatic carbocycles. The number of carbonyl (C=O) groups excluding carboxylic acids is 1. The standard InChI is InChI=1S/C18H24ClN3O/c1-5-12(2)21-18(23)20-11-15-9-13(3)22(14(15)4)17-8-6-7-16(19)10-17/h6-10,12H,5,11H2,1-4H3,(H2,20,21,23)/t12-/m0/s1. The molecule has 0 bridgehead atoms. The quantitative estimate of drug-likeness (QED) is 0.839. The molecule has 0 aliphatic rings. The molecule has 0 fully saturated rings. The average Bonchev–Trinajstić information content (AvgIpc) is 2.79. The third kappa shape index (κ3) is 4.29. The first kappa shape index (κ1) is 17.4. The van der Waals surface area contributed by atoms with E-state index in [1.54, 1.807) is 0 Å². The number of hydrogen-bond donors (Lipinski definition) is 2. The number of amides is 2. The van der Waals surface area contributed by atoms with E-state index in [9.17, 15) is 4.79 Å². The minimum Gasteiger partial charge on any atom is -0.336 e. The molecule has 0 unspecified atom stereocenters. The summed E-state index contributed by atoms with van der Waals surface area (Å²) < 4.78 is 2.15. The van der Waals surface area contributed by atoms with Crippen molar-refractivity contribution < 1.29 is 4.79 Å². The van der Waals surface area contributed by atoms with Crippen molar-refractivity contribution in [2.45, 2.75) is 46.7 Å². The van der Waals surface area contributed by atoms with E-state index in [2.05, 4.69) is 35.1 Å². The highest BCUT2D eigenvalue weighted by Crippen LogP contribution is 2.22. The van der Waals surface area contributed by atoms with Gasteiger partial charge in [0, 0.05) is 34.7 Å². The van der Waals surface area contributed by atoms with Crippen LogP contribution >= 0.6 is 11.6 Å². The van der Waals surface area contributed by atoms with E-state index in [1.165, 1.54) is 0 Å². The molecule has 23 heavy (non-hydrogen) atoms. The molecule has 0 aliphatic carbocycles. The van der Waals surface area contributed by atoms with E-state index < -0.39 is 0 Å². The number of aryl methyl sites for hydroxylation is 1. The normalized spacial score (nSPS) is 12.0. The van der Waals surface area contributed by atoms with Crippen LogP contribution in [0.1, 0.15) is 37.2 Å². The van der Waals surface area contributed by atoms with Crippen LogP contribution in [0.5, 0.6) is 0 Å². The van der Waals surface area contributed by atoms with Gasteiger partial charge in [0.2, 0.25) is 0 Å². The Labute approximate surface area is 142 Å². The van der Waals surface area contributed by atoms with E-state index in [4.69, 9.17) is 11.6 Å². The molecule has 2 aromatic rings. The molecule has 0 saturated heterocycles. The minimum atomic E-state index is -0.132. The van der Waals surface area contributed by atoms with E-state index in [1.807, 2.05) is 38.1 Å². The number of aromatic nitrogens is 1. The molecule has 4 nitrogen and oxygen atoms in total. The fourth-order valence-corrected chi connectivity index (χ4v) is 2.76. The van der Waals surface area contributed by atoms with Crippen LogP contribution in [-0.2, 0) is 6.54 Å². The summed E-state index contributed by atoms with van der Waals surface area (Å²) in [5.74, 6) is 0. The van der Waals surface area contributed by atoms with Crippen molar-refractivity contribution in [1.29, 1.82) is 0 Å². The minimum absolute atomic E-state index is 0.132. The topological polar surface area (TPSA) is 46.1 Å². The molecular weight excluding hydrogens is 310 g/mol. The van der Waals surface area contributed by atoms with Gasteiger partial charge >= 0.3 is 6.03 Å². The van der Waals surface area contributed by atoms with Crippen LogP contribution in [0.4, 0.5) is 4.79 Å². The zero-order chi connectivity index (χ0) is 17.0. The Bertz CT molecular complexity index is 694. The Morgan fingerprint density at radius 3 is 2.70 bits per heavy atom. The third-order valence-electron chi connectivity index (χ3n) is 4.03. The lowest BCUT2D eigenvalue weighted by molar-refractivity contribution is 0.237. The predicted octanol–water partition coefficient (Wildman–Crippen LogP) is 4.35. The molecule has 1 heterocycles. The summed E-state index contributed by atoms with van der Waals surface area (Å²) in [6.45, 7) is 8.64. The van der Waals surface area contributed by atoms with Crippen molar-refractivity contribution in [1.82, 2.24) is 15.2 Å². The molecule has 0 radical (unpaired) electrons. The molecule has 0 saturated carbocycles. The van der Waals surface area contributed by atoms with Gasteiger partial charge in [0.15, 0.2) is 0 Å². The summed E-state index contributed by atoms with van der Waals surface area (Å²) in [7, 11) is 0. The molecule has 0 aliphatic heterocycles. The van der Waals surface area contributed by atoms with Crippen LogP contribution in [0.3, 0.4) is 0 Å². The first-order chi connectivity index (χ1) is 10.9. The van der Waals surface area contributed by atoms with Gasteiger partial charge in [0.25, 0.3) is 0 Å². The van der Waals surface area contributed by atoms with Crippen LogP contribution < -0.4 is 10.6 Å². The lowest BCUT2D eigenvalue weighted by atomic mass is 10.2. The van der Waals surface area contributed by atoms with Crippen molar-refractivity contribution in [2.75, 3.05) is 0 Å². The first-order valence-corrected chi connectivity index (χ1v) is 8.28. The molecule has 124 valence electrons. The van der Waals surface area contributed by atoms with Crippen molar-refractivity contribution in [2.24, 2.45) is 0 Å². The van der Waals surface area contributed by atoms with Gasteiger partial charge in [0.1, 0.15) is 0 Å². The maximum absolute atomic E-state index is 11.9. The van der Waals surface area contributed by atoms with Crippen molar-refractivity contribution >= 4 is 17.6 Å². The van der Waals surface area contributed by atoms with Gasteiger partial charge in [-0.15, -0.1) is 0 Å². The van der Waals surface area contributed by atoms with Gasteiger partial charge < -0.3 is 15.2 Å². The smallest absolute Gasteiger partial charge is 0.315 e. The van der Waals surface area contributed by atoms with Gasteiger partial charge in [-0.2, -0.15) is 0 Å². The second-order valence-corrected chi connectivity index (χ2v) is 6.28. The second-order valence-electron chi connectivity index (χ2n) is 5.85. The van der Waals surface area contributed by atoms with Crippen LogP contribution in [-0.4, -0.2) is 16.6 Å². The fourth-order valence-electron chi connectivity index (χ4n) is 2.57. The summed E-state index contributed by atoms with van der Waals surface area (Å²) in [6.07, 6.45) is 0.913. The molecule has 2 N–H and O–H groups in total. The fraction of sp³-hybridized carbons (Fsp3) is 0.389. The molecule has 2 rings (SSSR count). The monoisotopic (exact) mass is 333 g/mol. The maximum atomic E-state index is 11.9. The zero-order valence-electron chi connectivity index (χ0n) is 14.1. The molecule has 5 heteroatoms. The van der Waals surface area contributed by atoms with Crippen LogP contribution in [0.25, 0.3) is 5.69 Å². The summed E-state index contributed by atoms with van der Waals surface area (Å²) >= 11 is 6.09. The SMILES string of the molecule is CC[C@H](C)NC(=O)NCc1cc(C)n(-c2cccc(Cl)c2)c1C. The molecule has 1 atom stereocenters. The van der Waals surface area contributed by atoms with E-state index in [-0.39, 0.29) is 12.1 Å². The second kappa shape index (κ2) is 7.55. The van der Waals surface area contributed by atoms with Gasteiger partial charge in [-0.05, 0) is 57.0 Å². The van der Waals surface area contributed by atoms with Gasteiger partial charge in [-0.25, -0.2) is 4.79 Å². The lowest BCUT2D eigenvalue weighted by Crippen LogP contribution is -2.40. The Hall–Kier alpha value is -1.94. The van der Waals surface area contributed by atoms with Gasteiger partial charge in [-0.1, -0.05) is 24.6 Å². The highest BCUT2D eigenvalue weighted by Gasteiger charge is 2.12. The predicted molar refractivity (Wildman–Crippen MR) is 95.4 cm³/mol. The third-order valence-corrected chi connectivity index (χ3v) is 4.27. The van der Waals surface area contributed by atoms with E-state index in [0.29, 0.717) is 11.6 Å². The molecular formula is C18H24ClN3O. The Kier molecular flexibility index (Phi) is 5.72. The lowest BCUT2D eigenvalue weighted by Gasteiger charge is -2.13. The number of carbonyl (C=O) groups is 1. The van der Waals surface area contributed by atoms with E-state index >= 15 is 0 Å². The Balaban J connectivity index is 2.13. The average molecular weight is 334 g/mol. The number of rotatable bonds is 5. The highest BCUT2D eigenvalue weighted by molar-refractivity contribution is 6.30. The van der Waals surface area contributed by atoms with E-state index in [0.717, 1.165) is 29.1 Å². The highest BCUT2D eigenvalue weighted by atomic mass is 35.5. The van der Waals surface area contributed by atoms with Gasteiger partial charge in [-0.3, -0.25) is 0 Å². The van der Waals surface area contributed by atoms with Crippen LogP contribution in [0, 0.1) is 13.8 Å². The number of nitrogens with zero attached hydrogens (tertiary/aromatic N) is 1. The van der Waals surface area contributed by atoms with Gasteiger partial charge in [0.05, 0.1) is 0 Å². The van der Waals surface area contributed by atoms with Crippen LogP contribution in [0.15, 0.2) is 30.3 Å². The van der Waals surface area contributed by atoms with Crippen molar-refractivity contribution in [3.05, 3.63) is 52.3 Å². The summed E-state index contributed by atoms with van der Waals surface area (Å²) in [4.78, 5) is 11.9. The zero-order valence-corrected chi connectivity index (χ0v) is 14.9. The number of urea groups is 1. The Morgan fingerprint density at radius 2 is 2.04 bits per heavy atom. The molecule has 1 aromatic heterocycles. The number of halogens is 1. The van der Waals surface area contributed by atoms with Crippen molar-refractivity contribution in [3.8, 4) is 5.69 Å². The summed E-state index contributed by atoms with van der Waals surface area (Å²) in [5.41, 5.74) is 4.35. The number of hydrogen-bond acceptors (Lipinski definition) is 1. The maximum Gasteiger partial charge on any atom is 0.315 e. The summed E-state index contributed by atoms with van der Waals surface area (Å²) in [5, 5.41) is 6.54. The molecule has 0 spiro atoms. The molecule has 2 amide bonds. The number of nitrogens with one attached hydrogen (secondary N) is 2. The van der Waals surface area contributed by atoms with Crippen LogP contribution in [0.2, 0.25) is 5.02 Å². The Morgan fingerprint density at radius 1 is 1.30 bits per heavy atom.